The van der Waals surface area contributed by atoms with Gasteiger partial charge in [-0.25, -0.2) is 50.2 Å². The molecule has 14 aromatic rings. The first-order chi connectivity index (χ1) is 66.5. The zero-order chi connectivity index (χ0) is 103. The first kappa shape index (κ1) is 109. The average molecular weight is 2070 g/mol. The number of rotatable bonds is 29. The predicted molar refractivity (Wildman–Crippen MR) is 565 cm³/mol. The van der Waals surface area contributed by atoms with Crippen molar-refractivity contribution < 1.29 is 48.8 Å². The number of halogens is 2. The normalized spacial score (nSPS) is 15.7. The third kappa shape index (κ3) is 26.3. The number of pyridine rings is 5. The highest BCUT2D eigenvalue weighted by atomic mass is 35.5. The number of hydrogen-bond donors (Lipinski definition) is 4. The minimum absolute atomic E-state index is 0.0486. The molecule has 18 heterocycles. The van der Waals surface area contributed by atoms with Gasteiger partial charge in [-0.1, -0.05) is 82.1 Å². The summed E-state index contributed by atoms with van der Waals surface area (Å²) in [5.41, 5.74) is 15.7. The first-order valence-electron chi connectivity index (χ1n) is 47.0. The standard InChI is InChI=1S/C24H34N6O3SSi.C18H20N6O2S.C17H24N4OSi.C14H21ClN2OSi.C9H15BN2O2.C8H7ClN2.C7H10N2O2S/c1-6-34(31,32)29-16-24(17-29,8-9-25)30-15-20(14-27-30)22-19(2)13-26-23-21(22)7-10-28(23)18-33-11-12-35(3,4)5;1-3-27(25,26)23-11-18(12-23,5-6-19)24-10-14(9-22-24)16-13(2)8-21-17-15(16)4-7-20-17;1-13-9-18-17-15(16(13)14-10-19-20-11-14)5-6-21(17)12-22-7-8-23(2,3)4;1-11-9-16-14-12(13(11)15)5-6-17(14)10-18-7-8-19(2,3)4;1-8(2)9(3,4)14-10(13-8)7-5-11-12-6-7;1-5-4-11-8-6(7(5)9)2-3-10-8;1-2-12(10,11)9-5-7(6-9)3-4-8/h7,10,13-15H,6,8,11-12,16-18H2,1-5H3;4,7-10H,3,5,11-12H2,1-2H3,(H,20,21);5-6,9-11H,7-8,12H2,1-4H3,(H,19,20);5-6,9H,7-8,10H2,1-4H3;5-6H,1-4H3,(H,11,12);2-4H,1H3,(H,10,11);3H,2,5-6H2,1H3. The van der Waals surface area contributed by atoms with E-state index in [1.165, 1.54) is 36.6 Å². The van der Waals surface area contributed by atoms with Crippen molar-refractivity contribution in [3.63, 3.8) is 0 Å². The number of nitrogens with zero attached hydrogens (tertiary/aromatic N) is 20. The Morgan fingerprint density at radius 3 is 1.24 bits per heavy atom. The number of aryl methyl sites for hydroxylation is 5. The number of allylic oxidation sites excluding steroid dienone is 1. The molecular weight excluding hydrogens is 1940 g/mol. The number of aromatic amines is 4. The van der Waals surface area contributed by atoms with Gasteiger partial charge in [0.15, 0.2) is 0 Å². The Morgan fingerprint density at radius 1 is 0.468 bits per heavy atom. The molecule has 0 aliphatic carbocycles. The molecule has 44 heteroatoms. The molecule has 4 N–H and O–H groups in total. The minimum Gasteiger partial charge on any atom is -0.399 e. The van der Waals surface area contributed by atoms with Gasteiger partial charge >= 0.3 is 7.12 Å². The molecule has 0 radical (unpaired) electrons. The Bertz CT molecular complexity index is 7180. The van der Waals surface area contributed by atoms with Gasteiger partial charge < -0.3 is 47.2 Å². The van der Waals surface area contributed by atoms with Crippen LogP contribution < -0.4 is 5.46 Å². The van der Waals surface area contributed by atoms with Crippen molar-refractivity contribution in [2.45, 2.75) is 215 Å². The maximum Gasteiger partial charge on any atom is 0.498 e. The van der Waals surface area contributed by atoms with E-state index in [0.29, 0.717) is 33.3 Å². The van der Waals surface area contributed by atoms with E-state index in [1.54, 1.807) is 61.1 Å². The highest BCUT2D eigenvalue weighted by Gasteiger charge is 2.53. The van der Waals surface area contributed by atoms with Gasteiger partial charge in [0.25, 0.3) is 0 Å². The number of sulfonamides is 3. The number of ether oxygens (including phenoxy) is 3. The lowest BCUT2D eigenvalue weighted by atomic mass is 9.82. The third-order valence-electron chi connectivity index (χ3n) is 25.6. The first-order valence-corrected chi connectivity index (χ1v) is 63.7. The molecule has 141 heavy (non-hydrogen) atoms. The second-order valence-corrected chi connectivity index (χ2v) is 65.0. The van der Waals surface area contributed by atoms with Crippen LogP contribution in [-0.4, -0.2) is 246 Å². The SMILES string of the molecule is CC1(C)OB(c2cn[nH]c2)OC1(C)C.CCS(=O)(=O)N1CC(=CC#N)C1.CCS(=O)(=O)N1CC(CC#N)(n2cc(-c3c(C)cnc4[nH]ccc34)cn2)C1.CCS(=O)(=O)N1CC(CC#N)(n2cc(-c3c(C)cnc4c3ccn4COCC[Si](C)(C)C)cn2)C1.Cc1cnc2[nH]ccc2c1Cl.Cc1cnc2c(ccn2COCC[Si](C)(C)C)c1-c1cn[nH]c1.Cc1cnc2c(ccn2COCC[Si](C)(C)C)c1Cl. The number of nitrogens with one attached hydrogen (secondary N) is 4. The lowest BCUT2D eigenvalue weighted by Gasteiger charge is -2.47. The van der Waals surface area contributed by atoms with Crippen molar-refractivity contribution in [2.75, 3.05) is 76.3 Å². The van der Waals surface area contributed by atoms with Crippen molar-refractivity contribution in [2.24, 2.45) is 0 Å². The van der Waals surface area contributed by atoms with E-state index >= 15 is 0 Å². The number of nitriles is 3. The number of fused-ring (bicyclic) bond motifs is 5. The van der Waals surface area contributed by atoms with Crippen molar-refractivity contribution in [3.8, 4) is 51.6 Å². The number of hydrogen-bond acceptors (Lipinski definition) is 23. The molecule has 4 aliphatic rings. The summed E-state index contributed by atoms with van der Waals surface area (Å²) in [4.78, 5) is 28.3. The Kier molecular flexibility index (Phi) is 35.2. The lowest BCUT2D eigenvalue weighted by molar-refractivity contribution is 0.00578. The highest BCUT2D eigenvalue weighted by Crippen LogP contribution is 2.42. The summed E-state index contributed by atoms with van der Waals surface area (Å²) >= 11 is 12.3. The van der Waals surface area contributed by atoms with Crippen molar-refractivity contribution in [1.29, 1.82) is 15.8 Å². The second-order valence-electron chi connectivity index (χ2n) is 40.6. The van der Waals surface area contributed by atoms with Crippen LogP contribution in [-0.2, 0) is 84.9 Å². The van der Waals surface area contributed by atoms with Crippen molar-refractivity contribution >= 4 is 145 Å². The maximum absolute atomic E-state index is 12.3. The molecule has 0 amide bonds. The van der Waals surface area contributed by atoms with Crippen LogP contribution in [0.15, 0.2) is 154 Å². The maximum atomic E-state index is 12.3. The molecule has 0 aromatic carbocycles. The van der Waals surface area contributed by atoms with Gasteiger partial charge in [0.2, 0.25) is 30.1 Å². The Labute approximate surface area is 840 Å². The van der Waals surface area contributed by atoms with Crippen LogP contribution in [0.3, 0.4) is 0 Å². The molecule has 4 aliphatic heterocycles. The van der Waals surface area contributed by atoms with E-state index in [4.69, 9.17) is 52.0 Å². The van der Waals surface area contributed by atoms with Crippen molar-refractivity contribution in [3.05, 3.63) is 191 Å². The summed E-state index contributed by atoms with van der Waals surface area (Å²) in [6.07, 6.45) is 35.4. The minimum atomic E-state index is -3.29. The molecular formula is C97H131BCl2N24O11S3Si3. The van der Waals surface area contributed by atoms with Gasteiger partial charge in [-0.15, -0.1) is 0 Å². The van der Waals surface area contributed by atoms with Gasteiger partial charge in [-0.3, -0.25) is 19.6 Å². The fraction of sp³-hybridized carbons (Fsp3) is 0.464. The average Bonchev–Trinajstić information content (AvgIpc) is 1.68. The number of H-pyrrole nitrogens is 4. The fourth-order valence-corrected chi connectivity index (χ4v) is 22.3. The molecule has 4 saturated heterocycles. The lowest BCUT2D eigenvalue weighted by Crippen LogP contribution is -2.64. The van der Waals surface area contributed by atoms with Crippen LogP contribution in [0, 0.1) is 68.6 Å². The Morgan fingerprint density at radius 2 is 0.837 bits per heavy atom. The Hall–Kier alpha value is -10.7. The quantitative estimate of drug-likeness (QED) is 0.0192. The monoisotopic (exact) mass is 2070 g/mol. The second kappa shape index (κ2) is 45.5. The van der Waals surface area contributed by atoms with Gasteiger partial charge in [0, 0.05) is 248 Å². The molecule has 0 bridgehead atoms. The summed E-state index contributed by atoms with van der Waals surface area (Å²) in [5.74, 6) is 0.238. The van der Waals surface area contributed by atoms with E-state index in [0.717, 1.165) is 158 Å². The van der Waals surface area contributed by atoms with Crippen molar-refractivity contribution in [1.82, 2.24) is 101 Å². The van der Waals surface area contributed by atoms with Crippen LogP contribution in [0.2, 0.25) is 87.1 Å². The summed E-state index contributed by atoms with van der Waals surface area (Å²) in [5, 5.41) is 56.3. The van der Waals surface area contributed by atoms with E-state index in [-0.39, 0.29) is 74.6 Å². The number of aromatic nitrogens is 18. The van der Waals surface area contributed by atoms with E-state index in [1.807, 2.05) is 169 Å². The van der Waals surface area contributed by atoms with Gasteiger partial charge in [0.05, 0.1) is 88.1 Å². The summed E-state index contributed by atoms with van der Waals surface area (Å²) < 4.78 is 114. The fourth-order valence-electron chi connectivity index (χ4n) is 16.0. The van der Waals surface area contributed by atoms with Crippen LogP contribution in [0.4, 0.5) is 0 Å². The molecule has 752 valence electrons. The van der Waals surface area contributed by atoms with Gasteiger partial charge in [-0.05, 0) is 165 Å². The van der Waals surface area contributed by atoms with E-state index in [2.05, 4.69) is 160 Å². The highest BCUT2D eigenvalue weighted by molar-refractivity contribution is 7.89. The summed E-state index contributed by atoms with van der Waals surface area (Å²) in [7, 11) is -13.1. The molecule has 14 aromatic heterocycles. The predicted octanol–water partition coefficient (Wildman–Crippen LogP) is 17.5. The van der Waals surface area contributed by atoms with Crippen LogP contribution in [0.25, 0.3) is 88.5 Å². The molecule has 0 atom stereocenters. The summed E-state index contributed by atoms with van der Waals surface area (Å²) in [6.45, 7) is 49.9. The molecule has 0 saturated carbocycles. The zero-order valence-corrected chi connectivity index (χ0v) is 91.5. The van der Waals surface area contributed by atoms with E-state index < -0.39 is 65.4 Å². The Balaban J connectivity index is 0.000000152. The molecule has 35 nitrogen and oxygen atoms in total. The van der Waals surface area contributed by atoms with Gasteiger partial charge in [-0.2, -0.15) is 49.1 Å². The van der Waals surface area contributed by atoms with Gasteiger partial charge in [0.1, 0.15) is 59.5 Å². The largest absolute Gasteiger partial charge is 0.498 e. The molecule has 0 spiro atoms. The van der Waals surface area contributed by atoms with Crippen LogP contribution in [0.1, 0.15) is 89.1 Å². The zero-order valence-electron chi connectivity index (χ0n) is 84.5. The molecule has 18 rings (SSSR count). The van der Waals surface area contributed by atoms with Crippen LogP contribution in [0.5, 0.6) is 0 Å². The smallest absolute Gasteiger partial charge is 0.399 e. The van der Waals surface area contributed by atoms with E-state index in [9.17, 15) is 35.8 Å². The third-order valence-corrected chi connectivity index (χ3v) is 37.0. The van der Waals surface area contributed by atoms with Crippen LogP contribution >= 0.6 is 23.2 Å². The summed E-state index contributed by atoms with van der Waals surface area (Å²) in [6, 6.07) is 19.8. The molecule has 4 fully saturated rings. The topological polar surface area (TPSA) is 433 Å². The molecule has 0 unspecified atom stereocenters.